The standard InChI is InChI=1S/C29H48O/c1-25(2)16-17-27(5)13-10-20-19(21(27)18-25)8-9-23-28(20,6)14-11-22-26(3,4)24(30)12-15-29(22,23)7/h10,19,21-24,30H,8-9,11-18H2,1-7H3/t19-,21+,22+,23+,24+,27+,28+,29+/m1/s1. The summed E-state index contributed by atoms with van der Waals surface area (Å²) in [5, 5.41) is 10.8. The molecule has 0 aromatic carbocycles. The van der Waals surface area contributed by atoms with Gasteiger partial charge in [-0.1, -0.05) is 60.1 Å². The molecule has 1 heteroatoms. The number of allylic oxidation sites excluding steroid dienone is 2. The molecule has 30 heavy (non-hydrogen) atoms. The number of hydrogen-bond acceptors (Lipinski definition) is 1. The van der Waals surface area contributed by atoms with E-state index in [-0.39, 0.29) is 11.5 Å². The molecule has 0 aromatic rings. The smallest absolute Gasteiger partial charge is 0.0594 e. The van der Waals surface area contributed by atoms with Crippen LogP contribution in [0.3, 0.4) is 0 Å². The Morgan fingerprint density at radius 3 is 2.27 bits per heavy atom. The van der Waals surface area contributed by atoms with Crippen LogP contribution >= 0.6 is 0 Å². The molecule has 0 aromatic heterocycles. The number of rotatable bonds is 0. The van der Waals surface area contributed by atoms with E-state index in [0.29, 0.717) is 27.6 Å². The summed E-state index contributed by atoms with van der Waals surface area (Å²) in [6.07, 6.45) is 16.0. The second-order valence-corrected chi connectivity index (χ2v) is 14.6. The Kier molecular flexibility index (Phi) is 4.59. The largest absolute Gasteiger partial charge is 0.393 e. The van der Waals surface area contributed by atoms with E-state index in [4.69, 9.17) is 0 Å². The van der Waals surface area contributed by atoms with E-state index in [0.717, 1.165) is 24.2 Å². The Balaban J connectivity index is 1.51. The van der Waals surface area contributed by atoms with Crippen molar-refractivity contribution in [3.05, 3.63) is 11.6 Å². The van der Waals surface area contributed by atoms with Crippen molar-refractivity contribution in [3.63, 3.8) is 0 Å². The first kappa shape index (κ1) is 21.5. The minimum atomic E-state index is -0.115. The third kappa shape index (κ3) is 2.75. The second-order valence-electron chi connectivity index (χ2n) is 14.6. The molecule has 8 atom stereocenters. The van der Waals surface area contributed by atoms with Crippen molar-refractivity contribution < 1.29 is 5.11 Å². The molecule has 4 fully saturated rings. The summed E-state index contributed by atoms with van der Waals surface area (Å²) in [6.45, 7) is 17.7. The fraction of sp³-hybridized carbons (Fsp3) is 0.931. The molecule has 170 valence electrons. The molecule has 0 spiro atoms. The Morgan fingerprint density at radius 2 is 1.53 bits per heavy atom. The first-order valence-electron chi connectivity index (χ1n) is 13.2. The highest BCUT2D eigenvalue weighted by Gasteiger charge is 2.64. The SMILES string of the molecule is CC1(C)CC[C@]2(C)CC=C3[C@@H](CC[C@@H]4[C@@]5(C)CC[C@H](O)C(C)(C)[C@@H]5CC[C@@]34C)[C@@H]2C1. The first-order valence-corrected chi connectivity index (χ1v) is 13.2. The van der Waals surface area contributed by atoms with E-state index in [9.17, 15) is 5.11 Å². The molecule has 1 N–H and O–H groups in total. The van der Waals surface area contributed by atoms with Crippen molar-refractivity contribution in [3.8, 4) is 0 Å². The van der Waals surface area contributed by atoms with Crippen LogP contribution in [0, 0.1) is 50.7 Å². The van der Waals surface area contributed by atoms with Crippen molar-refractivity contribution in [2.75, 3.05) is 0 Å². The van der Waals surface area contributed by atoms with Gasteiger partial charge in [0.25, 0.3) is 0 Å². The monoisotopic (exact) mass is 412 g/mol. The molecule has 5 aliphatic carbocycles. The minimum absolute atomic E-state index is 0.0676. The van der Waals surface area contributed by atoms with E-state index in [1.54, 1.807) is 0 Å². The highest BCUT2D eigenvalue weighted by Crippen LogP contribution is 2.72. The zero-order valence-electron chi connectivity index (χ0n) is 21.0. The lowest BCUT2D eigenvalue weighted by Gasteiger charge is -2.68. The highest BCUT2D eigenvalue weighted by atomic mass is 16.3. The molecule has 0 radical (unpaired) electrons. The van der Waals surface area contributed by atoms with Crippen molar-refractivity contribution in [2.45, 2.75) is 119 Å². The fourth-order valence-corrected chi connectivity index (χ4v) is 10.2. The molecule has 1 nitrogen and oxygen atoms in total. The maximum Gasteiger partial charge on any atom is 0.0594 e. The van der Waals surface area contributed by atoms with Gasteiger partial charge in [0.1, 0.15) is 0 Å². The maximum atomic E-state index is 10.8. The molecule has 0 unspecified atom stereocenters. The average molecular weight is 413 g/mol. The van der Waals surface area contributed by atoms with Crippen LogP contribution in [-0.4, -0.2) is 11.2 Å². The van der Waals surface area contributed by atoms with Gasteiger partial charge in [0, 0.05) is 0 Å². The van der Waals surface area contributed by atoms with Gasteiger partial charge in [-0.15, -0.1) is 0 Å². The van der Waals surface area contributed by atoms with Crippen molar-refractivity contribution in [1.29, 1.82) is 0 Å². The van der Waals surface area contributed by atoms with Crippen LogP contribution < -0.4 is 0 Å². The Bertz CT molecular complexity index is 745. The van der Waals surface area contributed by atoms with Gasteiger partial charge in [0.15, 0.2) is 0 Å². The van der Waals surface area contributed by atoms with E-state index in [1.165, 1.54) is 57.8 Å². The number of aliphatic hydroxyl groups is 1. The molecule has 0 heterocycles. The average Bonchev–Trinajstić information content (AvgIpc) is 2.65. The van der Waals surface area contributed by atoms with E-state index in [2.05, 4.69) is 54.5 Å². The van der Waals surface area contributed by atoms with Crippen LogP contribution in [0.2, 0.25) is 0 Å². The van der Waals surface area contributed by atoms with Crippen LogP contribution in [0.15, 0.2) is 11.6 Å². The highest BCUT2D eigenvalue weighted by molar-refractivity contribution is 5.30. The van der Waals surface area contributed by atoms with Crippen molar-refractivity contribution in [2.24, 2.45) is 50.7 Å². The number of aliphatic hydroxyl groups excluding tert-OH is 1. The summed E-state index contributed by atoms with van der Waals surface area (Å²) in [6, 6.07) is 0. The Hall–Kier alpha value is -0.300. The van der Waals surface area contributed by atoms with Gasteiger partial charge in [-0.25, -0.2) is 0 Å². The zero-order chi connectivity index (χ0) is 21.7. The van der Waals surface area contributed by atoms with Gasteiger partial charge < -0.3 is 5.11 Å². The lowest BCUT2D eigenvalue weighted by molar-refractivity contribution is -0.176. The summed E-state index contributed by atoms with van der Waals surface area (Å²) >= 11 is 0. The predicted molar refractivity (Wildman–Crippen MR) is 126 cm³/mol. The van der Waals surface area contributed by atoms with Gasteiger partial charge in [0.2, 0.25) is 0 Å². The van der Waals surface area contributed by atoms with Gasteiger partial charge in [-0.3, -0.25) is 0 Å². The minimum Gasteiger partial charge on any atom is -0.393 e. The van der Waals surface area contributed by atoms with E-state index < -0.39 is 0 Å². The molecule has 0 saturated heterocycles. The topological polar surface area (TPSA) is 20.2 Å². The summed E-state index contributed by atoms with van der Waals surface area (Å²) in [5.41, 5.74) is 3.83. The summed E-state index contributed by atoms with van der Waals surface area (Å²) < 4.78 is 0. The first-order chi connectivity index (χ1) is 13.8. The van der Waals surface area contributed by atoms with Crippen molar-refractivity contribution >= 4 is 0 Å². The quantitative estimate of drug-likeness (QED) is 0.403. The van der Waals surface area contributed by atoms with Gasteiger partial charge >= 0.3 is 0 Å². The summed E-state index contributed by atoms with van der Waals surface area (Å²) in [4.78, 5) is 0. The van der Waals surface area contributed by atoms with Gasteiger partial charge in [-0.05, 0) is 115 Å². The van der Waals surface area contributed by atoms with Gasteiger partial charge in [0.05, 0.1) is 6.10 Å². The molecular formula is C29H48O. The molecular weight excluding hydrogens is 364 g/mol. The predicted octanol–water partition coefficient (Wildman–Crippen LogP) is 7.78. The summed E-state index contributed by atoms with van der Waals surface area (Å²) in [5.74, 6) is 3.21. The fourth-order valence-electron chi connectivity index (χ4n) is 10.2. The van der Waals surface area contributed by atoms with Crippen molar-refractivity contribution in [1.82, 2.24) is 0 Å². The molecule has 0 amide bonds. The van der Waals surface area contributed by atoms with Crippen LogP contribution in [0.1, 0.15) is 113 Å². The maximum absolute atomic E-state index is 10.8. The summed E-state index contributed by atoms with van der Waals surface area (Å²) in [7, 11) is 0. The van der Waals surface area contributed by atoms with Crippen LogP contribution in [-0.2, 0) is 0 Å². The Labute approximate surface area is 186 Å². The normalized spacial score (nSPS) is 54.1. The molecule has 5 aliphatic rings. The van der Waals surface area contributed by atoms with E-state index >= 15 is 0 Å². The lowest BCUT2D eigenvalue weighted by Crippen LogP contribution is -2.61. The third-order valence-electron chi connectivity index (χ3n) is 12.2. The van der Waals surface area contributed by atoms with E-state index in [1.807, 2.05) is 5.57 Å². The number of hydrogen-bond donors (Lipinski definition) is 1. The van der Waals surface area contributed by atoms with Gasteiger partial charge in [-0.2, -0.15) is 0 Å². The molecule has 0 bridgehead atoms. The van der Waals surface area contributed by atoms with Crippen LogP contribution in [0.5, 0.6) is 0 Å². The molecule has 5 rings (SSSR count). The second kappa shape index (κ2) is 6.39. The van der Waals surface area contributed by atoms with Crippen LogP contribution in [0.4, 0.5) is 0 Å². The lowest BCUT2D eigenvalue weighted by atomic mass is 9.37. The number of fused-ring (bicyclic) bond motifs is 7. The Morgan fingerprint density at radius 1 is 0.800 bits per heavy atom. The van der Waals surface area contributed by atoms with Crippen LogP contribution in [0.25, 0.3) is 0 Å². The molecule has 4 saturated carbocycles. The third-order valence-corrected chi connectivity index (χ3v) is 12.2. The molecule has 0 aliphatic heterocycles. The zero-order valence-corrected chi connectivity index (χ0v) is 21.0.